The highest BCUT2D eigenvalue weighted by atomic mass is 32.2. The molecule has 2 unspecified atom stereocenters. The number of thioether (sulfide) groups is 1. The van der Waals surface area contributed by atoms with Crippen molar-refractivity contribution in [1.29, 1.82) is 0 Å². The Morgan fingerprint density at radius 2 is 2.43 bits per heavy atom. The zero-order valence-electron chi connectivity index (χ0n) is 11.1. The lowest BCUT2D eigenvalue weighted by atomic mass is 10.0. The van der Waals surface area contributed by atoms with Crippen molar-refractivity contribution in [2.45, 2.75) is 23.7 Å². The van der Waals surface area contributed by atoms with Crippen molar-refractivity contribution in [2.75, 3.05) is 11.5 Å². The molecule has 21 heavy (non-hydrogen) atoms. The van der Waals surface area contributed by atoms with Crippen LogP contribution < -0.4 is 5.73 Å². The third-order valence-corrected chi connectivity index (χ3v) is 6.77. The van der Waals surface area contributed by atoms with E-state index in [-0.39, 0.29) is 22.4 Å². The molecule has 1 saturated heterocycles. The van der Waals surface area contributed by atoms with Gasteiger partial charge in [0.25, 0.3) is 0 Å². The maximum absolute atomic E-state index is 11.8. The first kappa shape index (κ1) is 15.1. The number of fused-ring (bicyclic) bond motifs is 1. The van der Waals surface area contributed by atoms with Gasteiger partial charge in [-0.05, 0) is 36.4 Å². The van der Waals surface area contributed by atoms with Crippen molar-refractivity contribution in [3.8, 4) is 0 Å². The Morgan fingerprint density at radius 3 is 3.05 bits per heavy atom. The predicted molar refractivity (Wildman–Crippen MR) is 85.6 cm³/mol. The largest absolute Gasteiger partial charge is 0.477 e. The molecule has 3 atom stereocenters. The lowest BCUT2D eigenvalue weighted by Crippen LogP contribution is -2.68. The summed E-state index contributed by atoms with van der Waals surface area (Å²) in [6, 6.07) is -0.583. The normalized spacial score (nSPS) is 31.5. The Kier molecular flexibility index (Phi) is 4.12. The first-order valence-corrected chi connectivity index (χ1v) is 9.09. The zero-order valence-corrected chi connectivity index (χ0v) is 13.6. The van der Waals surface area contributed by atoms with E-state index in [1.165, 1.54) is 28.6 Å². The van der Waals surface area contributed by atoms with Gasteiger partial charge in [-0.3, -0.25) is 14.7 Å². The SMILES string of the molecule is CC1N=CN(SCC2=C(C(=O)O)N3C(=O)C(N)[C@H]3SC2)S1. The van der Waals surface area contributed by atoms with Gasteiger partial charge in [0.05, 0.1) is 0 Å². The molecule has 1 fully saturated rings. The number of nitrogens with two attached hydrogens (primary N) is 1. The van der Waals surface area contributed by atoms with Gasteiger partial charge in [-0.25, -0.2) is 8.51 Å². The third kappa shape index (κ3) is 2.65. The smallest absolute Gasteiger partial charge is 0.352 e. The molecule has 1 amide bonds. The standard InChI is InChI=1S/C11H14N4O3S3/c1-5-13-4-14(21-5)20-3-6-2-19-10-7(12)9(16)15(10)8(6)11(17)18/h4-5,7,10H,2-3,12H2,1H3,(H,17,18)/t5?,7?,10-/m1/s1. The van der Waals surface area contributed by atoms with Crippen molar-refractivity contribution in [2.24, 2.45) is 10.7 Å². The fourth-order valence-corrected chi connectivity index (χ4v) is 5.61. The van der Waals surface area contributed by atoms with Crippen molar-refractivity contribution in [1.82, 2.24) is 8.61 Å². The summed E-state index contributed by atoms with van der Waals surface area (Å²) in [5.74, 6) is -0.265. The van der Waals surface area contributed by atoms with Crippen LogP contribution in [0.2, 0.25) is 0 Å². The van der Waals surface area contributed by atoms with Gasteiger partial charge in [-0.2, -0.15) is 0 Å². The topological polar surface area (TPSA) is 99.2 Å². The quantitative estimate of drug-likeness (QED) is 0.562. The molecule has 3 aliphatic rings. The summed E-state index contributed by atoms with van der Waals surface area (Å²) in [5.41, 5.74) is 6.57. The van der Waals surface area contributed by atoms with Gasteiger partial charge in [0.1, 0.15) is 28.8 Å². The van der Waals surface area contributed by atoms with E-state index in [1.54, 1.807) is 18.3 Å². The fraction of sp³-hybridized carbons (Fsp3) is 0.545. The first-order chi connectivity index (χ1) is 9.99. The van der Waals surface area contributed by atoms with E-state index in [1.807, 2.05) is 10.6 Å². The van der Waals surface area contributed by atoms with Crippen LogP contribution in [-0.2, 0) is 9.59 Å². The van der Waals surface area contributed by atoms with Crippen molar-refractivity contribution >= 4 is 53.9 Å². The maximum atomic E-state index is 11.8. The summed E-state index contributed by atoms with van der Waals surface area (Å²) >= 11 is 4.59. The highest BCUT2D eigenvalue weighted by Gasteiger charge is 2.51. The molecule has 3 rings (SSSR count). The Morgan fingerprint density at radius 1 is 1.67 bits per heavy atom. The monoisotopic (exact) mass is 346 g/mol. The van der Waals surface area contributed by atoms with Crippen LogP contribution in [0.4, 0.5) is 0 Å². The average Bonchev–Trinajstić information content (AvgIpc) is 2.88. The van der Waals surface area contributed by atoms with Crippen molar-refractivity contribution in [3.05, 3.63) is 11.3 Å². The maximum Gasteiger partial charge on any atom is 0.352 e. The molecule has 0 spiro atoms. The van der Waals surface area contributed by atoms with Crippen LogP contribution in [0.15, 0.2) is 16.3 Å². The minimum Gasteiger partial charge on any atom is -0.477 e. The molecule has 114 valence electrons. The molecule has 0 aromatic carbocycles. The number of amides is 1. The summed E-state index contributed by atoms with van der Waals surface area (Å²) in [7, 11) is 0. The number of aliphatic carboxylic acids is 1. The minimum absolute atomic E-state index is 0.104. The number of carbonyl (C=O) groups is 2. The van der Waals surface area contributed by atoms with Gasteiger partial charge in [0, 0.05) is 11.5 Å². The number of hydrogen-bond donors (Lipinski definition) is 2. The fourth-order valence-electron chi connectivity index (χ4n) is 2.25. The lowest BCUT2D eigenvalue weighted by Gasteiger charge is -2.48. The molecule has 0 aromatic rings. The molecule has 7 nitrogen and oxygen atoms in total. The van der Waals surface area contributed by atoms with Crippen LogP contribution in [0.1, 0.15) is 6.92 Å². The van der Waals surface area contributed by atoms with Crippen LogP contribution in [-0.4, -0.2) is 60.2 Å². The minimum atomic E-state index is -1.06. The number of aliphatic imine (C=N–C) groups is 1. The van der Waals surface area contributed by atoms with E-state index >= 15 is 0 Å². The lowest BCUT2D eigenvalue weighted by molar-refractivity contribution is -0.147. The van der Waals surface area contributed by atoms with Crippen LogP contribution in [0.25, 0.3) is 0 Å². The van der Waals surface area contributed by atoms with Crippen molar-refractivity contribution < 1.29 is 14.7 Å². The number of carboxylic acids is 1. The first-order valence-electron chi connectivity index (χ1n) is 6.27. The molecule has 10 heteroatoms. The summed E-state index contributed by atoms with van der Waals surface area (Å²) in [5, 5.41) is 9.36. The predicted octanol–water partition coefficient (Wildman–Crippen LogP) is 0.554. The Hall–Kier alpha value is -0.840. The molecule has 3 N–H and O–H groups in total. The van der Waals surface area contributed by atoms with Crippen LogP contribution in [0.3, 0.4) is 0 Å². The third-order valence-electron chi connectivity index (χ3n) is 3.28. The molecule has 0 bridgehead atoms. The molecule has 0 aromatic heterocycles. The molecule has 3 heterocycles. The zero-order chi connectivity index (χ0) is 15.1. The number of carbonyl (C=O) groups excluding carboxylic acids is 1. The Balaban J connectivity index is 1.74. The highest BCUT2D eigenvalue weighted by Crippen LogP contribution is 2.41. The number of β-lactam (4-membered cyclic amide) rings is 1. The van der Waals surface area contributed by atoms with E-state index in [9.17, 15) is 14.7 Å². The van der Waals surface area contributed by atoms with E-state index in [0.29, 0.717) is 11.5 Å². The average molecular weight is 346 g/mol. The molecular formula is C11H14N4O3S3. The summed E-state index contributed by atoms with van der Waals surface area (Å²) < 4.78 is 1.91. The highest BCUT2D eigenvalue weighted by molar-refractivity contribution is 8.13. The van der Waals surface area contributed by atoms with Crippen LogP contribution in [0, 0.1) is 0 Å². The van der Waals surface area contributed by atoms with E-state index in [4.69, 9.17) is 5.73 Å². The molecule has 0 aliphatic carbocycles. The number of carboxylic acid groups (broad SMARTS) is 1. The molecular weight excluding hydrogens is 332 g/mol. The second-order valence-corrected chi connectivity index (χ2v) is 8.28. The van der Waals surface area contributed by atoms with Gasteiger partial charge in [-0.1, -0.05) is 0 Å². The Labute approximate surface area is 134 Å². The van der Waals surface area contributed by atoms with Crippen LogP contribution in [0.5, 0.6) is 0 Å². The summed E-state index contributed by atoms with van der Waals surface area (Å²) in [6.07, 6.45) is 1.74. The number of nitrogens with zero attached hydrogens (tertiary/aromatic N) is 3. The van der Waals surface area contributed by atoms with Gasteiger partial charge in [-0.15, -0.1) is 11.8 Å². The van der Waals surface area contributed by atoms with Gasteiger partial charge in [0.15, 0.2) is 0 Å². The van der Waals surface area contributed by atoms with E-state index in [0.717, 1.165) is 5.57 Å². The van der Waals surface area contributed by atoms with Crippen LogP contribution >= 0.6 is 35.7 Å². The second-order valence-electron chi connectivity index (χ2n) is 4.72. The molecule has 0 radical (unpaired) electrons. The number of rotatable bonds is 4. The molecule has 0 saturated carbocycles. The van der Waals surface area contributed by atoms with Gasteiger partial charge in [0.2, 0.25) is 5.91 Å². The Bertz CT molecular complexity index is 553. The van der Waals surface area contributed by atoms with Gasteiger partial charge < -0.3 is 10.8 Å². The summed E-state index contributed by atoms with van der Waals surface area (Å²) in [4.78, 5) is 28.9. The number of hydrogen-bond acceptors (Lipinski definition) is 8. The van der Waals surface area contributed by atoms with Gasteiger partial charge >= 0.3 is 5.97 Å². The summed E-state index contributed by atoms with van der Waals surface area (Å²) in [6.45, 7) is 1.99. The second kappa shape index (κ2) is 5.75. The van der Waals surface area contributed by atoms with Crippen molar-refractivity contribution in [3.63, 3.8) is 0 Å². The molecule has 3 aliphatic heterocycles. The van der Waals surface area contributed by atoms with E-state index in [2.05, 4.69) is 4.99 Å². The van der Waals surface area contributed by atoms with E-state index < -0.39 is 12.0 Å².